The lowest BCUT2D eigenvalue weighted by Gasteiger charge is -2.04. The van der Waals surface area contributed by atoms with Crippen molar-refractivity contribution in [2.24, 2.45) is 0 Å². The van der Waals surface area contributed by atoms with Crippen LogP contribution in [0, 0.1) is 32.1 Å². The predicted octanol–water partition coefficient (Wildman–Crippen LogP) is 4.40. The Morgan fingerprint density at radius 3 is 2.43 bits per heavy atom. The fraction of sp³-hybridized carbons (Fsp3) is 0.158. The van der Waals surface area contributed by atoms with Crippen LogP contribution in [-0.2, 0) is 0 Å². The lowest BCUT2D eigenvalue weighted by atomic mass is 9.98. The molecule has 0 spiro atoms. The number of aryl methyl sites for hydroxylation is 3. The van der Waals surface area contributed by atoms with Gasteiger partial charge in [-0.3, -0.25) is 4.79 Å². The molecule has 104 valence electrons. The molecule has 2 rings (SSSR count). The number of rotatable bonds is 3. The van der Waals surface area contributed by atoms with Crippen LogP contribution in [0.2, 0.25) is 0 Å². The third-order valence-electron chi connectivity index (χ3n) is 3.38. The minimum Gasteiger partial charge on any atom is -0.288 e. The van der Waals surface area contributed by atoms with Gasteiger partial charge in [-0.25, -0.2) is 0 Å². The van der Waals surface area contributed by atoms with Gasteiger partial charge in [0.2, 0.25) is 5.78 Å². The van der Waals surface area contributed by atoms with E-state index in [4.69, 9.17) is 0 Å². The molecule has 0 aliphatic heterocycles. The number of nitrogens with zero attached hydrogens (tertiary/aromatic N) is 1. The van der Waals surface area contributed by atoms with Gasteiger partial charge < -0.3 is 0 Å². The molecule has 2 heteroatoms. The van der Waals surface area contributed by atoms with Gasteiger partial charge >= 0.3 is 0 Å². The second-order valence-electron chi connectivity index (χ2n) is 5.23. The van der Waals surface area contributed by atoms with E-state index in [0.717, 1.165) is 22.3 Å². The van der Waals surface area contributed by atoms with Crippen molar-refractivity contribution in [2.45, 2.75) is 20.8 Å². The second kappa shape index (κ2) is 6.19. The SMILES string of the molecule is Cc1cccc(C(=O)/C(C#N)=C/c2cc(C)ccc2C)c1. The van der Waals surface area contributed by atoms with E-state index in [1.807, 2.05) is 57.2 Å². The highest BCUT2D eigenvalue weighted by Crippen LogP contribution is 2.17. The first kappa shape index (κ1) is 14.7. The van der Waals surface area contributed by atoms with E-state index in [2.05, 4.69) is 0 Å². The first-order valence-corrected chi connectivity index (χ1v) is 6.81. The largest absolute Gasteiger partial charge is 0.288 e. The zero-order chi connectivity index (χ0) is 15.4. The van der Waals surface area contributed by atoms with Crippen LogP contribution in [0.5, 0.6) is 0 Å². The maximum Gasteiger partial charge on any atom is 0.203 e. The van der Waals surface area contributed by atoms with E-state index >= 15 is 0 Å². The van der Waals surface area contributed by atoms with Crippen LogP contribution < -0.4 is 0 Å². The summed E-state index contributed by atoms with van der Waals surface area (Å²) in [5, 5.41) is 9.31. The van der Waals surface area contributed by atoms with Crippen molar-refractivity contribution in [1.29, 1.82) is 5.26 Å². The van der Waals surface area contributed by atoms with Gasteiger partial charge in [0, 0.05) is 5.56 Å². The molecule has 0 saturated carbocycles. The number of carbonyl (C=O) groups excluding carboxylic acids is 1. The molecule has 0 heterocycles. The number of hydrogen-bond donors (Lipinski definition) is 0. The normalized spacial score (nSPS) is 11.0. The monoisotopic (exact) mass is 275 g/mol. The minimum atomic E-state index is -0.234. The Morgan fingerprint density at radius 1 is 1.05 bits per heavy atom. The summed E-state index contributed by atoms with van der Waals surface area (Å²) >= 11 is 0. The lowest BCUT2D eigenvalue weighted by Crippen LogP contribution is -2.02. The maximum absolute atomic E-state index is 12.4. The number of hydrogen-bond acceptors (Lipinski definition) is 2. The van der Waals surface area contributed by atoms with Crippen molar-refractivity contribution in [3.05, 3.63) is 75.9 Å². The van der Waals surface area contributed by atoms with Gasteiger partial charge in [-0.2, -0.15) is 5.26 Å². The summed E-state index contributed by atoms with van der Waals surface area (Å²) in [6.07, 6.45) is 1.67. The maximum atomic E-state index is 12.4. The van der Waals surface area contributed by atoms with E-state index < -0.39 is 0 Å². The van der Waals surface area contributed by atoms with E-state index in [9.17, 15) is 10.1 Å². The molecule has 0 aliphatic carbocycles. The van der Waals surface area contributed by atoms with Crippen molar-refractivity contribution < 1.29 is 4.79 Å². The summed E-state index contributed by atoms with van der Waals surface area (Å²) in [7, 11) is 0. The number of Topliss-reactive ketones (excluding diaryl/α,β-unsaturated/α-hetero) is 1. The summed E-state index contributed by atoms with van der Waals surface area (Å²) in [5.41, 5.74) is 4.78. The first-order valence-electron chi connectivity index (χ1n) is 6.81. The number of benzene rings is 2. The van der Waals surface area contributed by atoms with Crippen LogP contribution >= 0.6 is 0 Å². The average molecular weight is 275 g/mol. The van der Waals surface area contributed by atoms with Crippen LogP contribution in [0.15, 0.2) is 48.0 Å². The molecule has 0 saturated heterocycles. The van der Waals surface area contributed by atoms with E-state index in [0.29, 0.717) is 5.56 Å². The number of ketones is 1. The van der Waals surface area contributed by atoms with E-state index in [1.165, 1.54) is 0 Å². The van der Waals surface area contributed by atoms with Crippen molar-refractivity contribution in [1.82, 2.24) is 0 Å². The molecular weight excluding hydrogens is 258 g/mol. The third kappa shape index (κ3) is 3.46. The zero-order valence-electron chi connectivity index (χ0n) is 12.5. The molecule has 0 fully saturated rings. The average Bonchev–Trinajstić information content (AvgIpc) is 2.47. The molecule has 0 aliphatic rings. The predicted molar refractivity (Wildman–Crippen MR) is 85.0 cm³/mol. The molecule has 0 amide bonds. The topological polar surface area (TPSA) is 40.9 Å². The quantitative estimate of drug-likeness (QED) is 0.473. The Hall–Kier alpha value is -2.66. The third-order valence-corrected chi connectivity index (χ3v) is 3.38. The van der Waals surface area contributed by atoms with Crippen molar-refractivity contribution in [3.8, 4) is 6.07 Å². The second-order valence-corrected chi connectivity index (χ2v) is 5.23. The molecule has 2 aromatic rings. The van der Waals surface area contributed by atoms with Gasteiger partial charge in [-0.05, 0) is 44.0 Å². The van der Waals surface area contributed by atoms with E-state index in [1.54, 1.807) is 18.2 Å². The Labute approximate surface area is 125 Å². The summed E-state index contributed by atoms with van der Waals surface area (Å²) in [5.74, 6) is -0.234. The van der Waals surface area contributed by atoms with Crippen LogP contribution in [-0.4, -0.2) is 5.78 Å². The number of allylic oxidation sites excluding steroid dienone is 1. The Bertz CT molecular complexity index is 763. The Kier molecular flexibility index (Phi) is 4.35. The van der Waals surface area contributed by atoms with Crippen LogP contribution in [0.1, 0.15) is 32.6 Å². The van der Waals surface area contributed by atoms with Crippen molar-refractivity contribution in [3.63, 3.8) is 0 Å². The zero-order valence-corrected chi connectivity index (χ0v) is 12.5. The van der Waals surface area contributed by atoms with Gasteiger partial charge in [0.15, 0.2) is 0 Å². The van der Waals surface area contributed by atoms with Crippen LogP contribution in [0.3, 0.4) is 0 Å². The van der Waals surface area contributed by atoms with Crippen molar-refractivity contribution >= 4 is 11.9 Å². The Morgan fingerprint density at radius 2 is 1.76 bits per heavy atom. The fourth-order valence-electron chi connectivity index (χ4n) is 2.16. The highest BCUT2D eigenvalue weighted by atomic mass is 16.1. The van der Waals surface area contributed by atoms with Gasteiger partial charge in [0.05, 0.1) is 0 Å². The van der Waals surface area contributed by atoms with Gasteiger partial charge in [0.1, 0.15) is 11.6 Å². The van der Waals surface area contributed by atoms with Crippen LogP contribution in [0.4, 0.5) is 0 Å². The van der Waals surface area contributed by atoms with Crippen molar-refractivity contribution in [2.75, 3.05) is 0 Å². The molecule has 0 N–H and O–H groups in total. The van der Waals surface area contributed by atoms with Crippen LogP contribution in [0.25, 0.3) is 6.08 Å². The van der Waals surface area contributed by atoms with E-state index in [-0.39, 0.29) is 11.4 Å². The van der Waals surface area contributed by atoms with Gasteiger partial charge in [-0.15, -0.1) is 0 Å². The fourth-order valence-corrected chi connectivity index (χ4v) is 2.16. The number of carbonyl (C=O) groups is 1. The highest BCUT2D eigenvalue weighted by Gasteiger charge is 2.12. The standard InChI is InChI=1S/C19H17NO/c1-13-5-4-6-16(9-13)19(21)18(12-20)11-17-10-14(2)7-8-15(17)3/h4-11H,1-3H3/b18-11+. The molecule has 21 heavy (non-hydrogen) atoms. The van der Waals surface area contributed by atoms with Gasteiger partial charge in [0.25, 0.3) is 0 Å². The molecule has 0 atom stereocenters. The smallest absolute Gasteiger partial charge is 0.203 e. The molecule has 0 aromatic heterocycles. The molecule has 0 radical (unpaired) electrons. The number of nitriles is 1. The summed E-state index contributed by atoms with van der Waals surface area (Å²) in [6.45, 7) is 5.89. The minimum absolute atomic E-state index is 0.161. The molecule has 2 aromatic carbocycles. The highest BCUT2D eigenvalue weighted by molar-refractivity contribution is 6.14. The summed E-state index contributed by atoms with van der Waals surface area (Å²) < 4.78 is 0. The summed E-state index contributed by atoms with van der Waals surface area (Å²) in [4.78, 5) is 12.4. The molecular formula is C19H17NO. The lowest BCUT2D eigenvalue weighted by molar-refractivity contribution is 0.104. The van der Waals surface area contributed by atoms with Gasteiger partial charge in [-0.1, -0.05) is 47.5 Å². The first-order chi connectivity index (χ1) is 10.0. The molecule has 0 bridgehead atoms. The molecule has 2 nitrogen and oxygen atoms in total. The summed E-state index contributed by atoms with van der Waals surface area (Å²) in [6, 6.07) is 15.3. The Balaban J connectivity index is 2.44. The molecule has 0 unspecified atom stereocenters.